The third-order valence-electron chi connectivity index (χ3n) is 4.76. The number of rotatable bonds is 7. The van der Waals surface area contributed by atoms with E-state index in [0.717, 1.165) is 22.8 Å². The molecule has 0 aliphatic carbocycles. The van der Waals surface area contributed by atoms with Crippen molar-refractivity contribution in [1.29, 1.82) is 0 Å². The number of nitrogens with two attached hydrogens (primary N) is 1. The van der Waals surface area contributed by atoms with Crippen molar-refractivity contribution in [1.82, 2.24) is 29.9 Å². The normalized spacial score (nSPS) is 10.9. The number of anilines is 3. The molecule has 0 spiro atoms. The van der Waals surface area contributed by atoms with Crippen LogP contribution in [0.1, 0.15) is 25.6 Å². The number of nitrogen functional groups attached to an aromatic ring is 1. The smallest absolute Gasteiger partial charge is 0.227 e. The number of pyridine rings is 2. The minimum Gasteiger partial charge on any atom is -0.493 e. The van der Waals surface area contributed by atoms with Gasteiger partial charge in [-0.25, -0.2) is 24.9 Å². The second kappa shape index (κ2) is 8.88. The van der Waals surface area contributed by atoms with Crippen molar-refractivity contribution in [2.75, 3.05) is 25.3 Å². The van der Waals surface area contributed by atoms with Gasteiger partial charge in [-0.3, -0.25) is 0 Å². The van der Waals surface area contributed by atoms with Gasteiger partial charge in [0.05, 0.1) is 31.3 Å². The van der Waals surface area contributed by atoms with Gasteiger partial charge in [0.15, 0.2) is 11.6 Å². The summed E-state index contributed by atoms with van der Waals surface area (Å²) in [5.74, 6) is 2.74. The first-order valence-corrected chi connectivity index (χ1v) is 9.98. The van der Waals surface area contributed by atoms with Crippen molar-refractivity contribution in [3.05, 3.63) is 48.7 Å². The number of H-pyrrole nitrogens is 1. The van der Waals surface area contributed by atoms with E-state index in [-0.39, 0.29) is 5.92 Å². The van der Waals surface area contributed by atoms with Crippen LogP contribution >= 0.6 is 0 Å². The van der Waals surface area contributed by atoms with Gasteiger partial charge in [-0.05, 0) is 18.2 Å². The second-order valence-corrected chi connectivity index (χ2v) is 7.29. The van der Waals surface area contributed by atoms with Crippen molar-refractivity contribution >= 4 is 17.5 Å². The van der Waals surface area contributed by atoms with Gasteiger partial charge in [0.1, 0.15) is 5.82 Å². The molecule has 0 aliphatic rings. The molecule has 0 unspecified atom stereocenters. The molecule has 4 aromatic heterocycles. The van der Waals surface area contributed by atoms with Gasteiger partial charge < -0.3 is 25.5 Å². The van der Waals surface area contributed by atoms with E-state index < -0.39 is 0 Å². The lowest BCUT2D eigenvalue weighted by atomic mass is 10.1. The molecule has 4 aromatic rings. The molecular formula is C22H24N8O2. The van der Waals surface area contributed by atoms with Crippen molar-refractivity contribution in [2.24, 2.45) is 0 Å². The predicted octanol–water partition coefficient (Wildman–Crippen LogP) is 3.79. The molecule has 0 aromatic carbocycles. The molecule has 10 heteroatoms. The SMILES string of the molecule is COc1cc(Nc2nccc(-c3[nH]c(C(C)C)nc3-c3cnc(N)c(OC)c3)n2)ccn1. The Labute approximate surface area is 185 Å². The quantitative estimate of drug-likeness (QED) is 0.398. The molecule has 0 saturated heterocycles. The van der Waals surface area contributed by atoms with Crippen molar-refractivity contribution in [3.8, 4) is 34.3 Å². The topological polar surface area (TPSA) is 137 Å². The van der Waals surface area contributed by atoms with Crippen LogP contribution in [0.5, 0.6) is 11.6 Å². The zero-order valence-electron chi connectivity index (χ0n) is 18.2. The summed E-state index contributed by atoms with van der Waals surface area (Å²) in [6, 6.07) is 7.21. The van der Waals surface area contributed by atoms with Crippen LogP contribution in [-0.2, 0) is 0 Å². The zero-order chi connectivity index (χ0) is 22.7. The monoisotopic (exact) mass is 432 g/mol. The summed E-state index contributed by atoms with van der Waals surface area (Å²) in [4.78, 5) is 25.6. The lowest BCUT2D eigenvalue weighted by Gasteiger charge is -2.09. The molecule has 4 heterocycles. The number of imidazole rings is 1. The Morgan fingerprint density at radius 3 is 2.56 bits per heavy atom. The van der Waals surface area contributed by atoms with Gasteiger partial charge in [0, 0.05) is 41.8 Å². The van der Waals surface area contributed by atoms with Crippen LogP contribution < -0.4 is 20.5 Å². The third kappa shape index (κ3) is 4.29. The van der Waals surface area contributed by atoms with Crippen LogP contribution in [0.3, 0.4) is 0 Å². The molecule has 32 heavy (non-hydrogen) atoms. The van der Waals surface area contributed by atoms with E-state index in [1.807, 2.05) is 18.2 Å². The molecule has 4 N–H and O–H groups in total. The molecule has 0 atom stereocenters. The summed E-state index contributed by atoms with van der Waals surface area (Å²) in [5, 5.41) is 3.18. The van der Waals surface area contributed by atoms with E-state index in [1.165, 1.54) is 0 Å². The first kappa shape index (κ1) is 21.0. The molecule has 4 rings (SSSR count). The highest BCUT2D eigenvalue weighted by Gasteiger charge is 2.19. The first-order chi connectivity index (χ1) is 15.5. The van der Waals surface area contributed by atoms with Crippen LogP contribution in [0.25, 0.3) is 22.6 Å². The Morgan fingerprint density at radius 1 is 1.00 bits per heavy atom. The first-order valence-electron chi connectivity index (χ1n) is 9.98. The Hall–Kier alpha value is -4.21. The van der Waals surface area contributed by atoms with Crippen LogP contribution in [0, 0.1) is 0 Å². The Morgan fingerprint density at radius 2 is 1.81 bits per heavy atom. The van der Waals surface area contributed by atoms with Crippen LogP contribution in [0.15, 0.2) is 42.9 Å². The lowest BCUT2D eigenvalue weighted by molar-refractivity contribution is 0.398. The minimum absolute atomic E-state index is 0.190. The van der Waals surface area contributed by atoms with Gasteiger partial charge in [0.2, 0.25) is 11.8 Å². The van der Waals surface area contributed by atoms with E-state index in [1.54, 1.807) is 38.9 Å². The van der Waals surface area contributed by atoms with Gasteiger partial charge in [0.25, 0.3) is 0 Å². The lowest BCUT2D eigenvalue weighted by Crippen LogP contribution is -2.00. The molecular weight excluding hydrogens is 408 g/mol. The molecule has 0 bridgehead atoms. The predicted molar refractivity (Wildman–Crippen MR) is 122 cm³/mol. The largest absolute Gasteiger partial charge is 0.493 e. The fourth-order valence-corrected chi connectivity index (χ4v) is 3.09. The van der Waals surface area contributed by atoms with E-state index in [2.05, 4.69) is 44.1 Å². The number of aromatic amines is 1. The summed E-state index contributed by atoms with van der Waals surface area (Å²) in [6.45, 7) is 4.13. The molecule has 0 amide bonds. The van der Waals surface area contributed by atoms with Crippen molar-refractivity contribution in [2.45, 2.75) is 19.8 Å². The minimum atomic E-state index is 0.190. The van der Waals surface area contributed by atoms with Crippen LogP contribution in [0.4, 0.5) is 17.5 Å². The molecule has 0 fully saturated rings. The van der Waals surface area contributed by atoms with Crippen LogP contribution in [-0.4, -0.2) is 44.1 Å². The van der Waals surface area contributed by atoms with E-state index in [9.17, 15) is 0 Å². The maximum atomic E-state index is 5.89. The summed E-state index contributed by atoms with van der Waals surface area (Å²) in [7, 11) is 3.12. The number of methoxy groups -OCH3 is 2. The number of hydrogen-bond donors (Lipinski definition) is 3. The average Bonchev–Trinajstić information content (AvgIpc) is 3.26. The van der Waals surface area contributed by atoms with Gasteiger partial charge >= 0.3 is 0 Å². The summed E-state index contributed by atoms with van der Waals surface area (Å²) >= 11 is 0. The fourth-order valence-electron chi connectivity index (χ4n) is 3.09. The summed E-state index contributed by atoms with van der Waals surface area (Å²) < 4.78 is 10.5. The summed E-state index contributed by atoms with van der Waals surface area (Å²) in [5.41, 5.74) is 9.54. The number of nitrogens with zero attached hydrogens (tertiary/aromatic N) is 5. The summed E-state index contributed by atoms with van der Waals surface area (Å²) in [6.07, 6.45) is 5.00. The average molecular weight is 432 g/mol. The van der Waals surface area contributed by atoms with Crippen molar-refractivity contribution in [3.63, 3.8) is 0 Å². The molecule has 0 radical (unpaired) electrons. The van der Waals surface area contributed by atoms with E-state index >= 15 is 0 Å². The zero-order valence-corrected chi connectivity index (χ0v) is 18.2. The number of ether oxygens (including phenoxy) is 2. The van der Waals surface area contributed by atoms with E-state index in [4.69, 9.17) is 20.2 Å². The standard InChI is InChI=1S/C22H24N8O2/c1-12(2)21-29-18(13-9-16(31-3)20(23)26-11-13)19(30-21)15-6-8-25-22(28-15)27-14-5-7-24-17(10-14)32-4/h5-12H,1-4H3,(H2,23,26)(H,29,30)(H,24,25,27,28). The third-order valence-corrected chi connectivity index (χ3v) is 4.76. The Balaban J connectivity index is 1.75. The van der Waals surface area contributed by atoms with Crippen LogP contribution in [0.2, 0.25) is 0 Å². The van der Waals surface area contributed by atoms with Gasteiger partial charge in [-0.15, -0.1) is 0 Å². The fraction of sp³-hybridized carbons (Fsp3) is 0.227. The number of hydrogen-bond acceptors (Lipinski definition) is 9. The maximum Gasteiger partial charge on any atom is 0.227 e. The van der Waals surface area contributed by atoms with Gasteiger partial charge in [-0.1, -0.05) is 13.8 Å². The highest BCUT2D eigenvalue weighted by atomic mass is 16.5. The highest BCUT2D eigenvalue weighted by Crippen LogP contribution is 2.34. The number of aromatic nitrogens is 6. The van der Waals surface area contributed by atoms with E-state index in [0.29, 0.717) is 34.8 Å². The molecule has 0 aliphatic heterocycles. The molecule has 10 nitrogen and oxygen atoms in total. The Bertz CT molecular complexity index is 1240. The van der Waals surface area contributed by atoms with Crippen molar-refractivity contribution < 1.29 is 9.47 Å². The highest BCUT2D eigenvalue weighted by molar-refractivity contribution is 5.78. The molecule has 0 saturated carbocycles. The number of nitrogens with one attached hydrogen (secondary N) is 2. The molecule has 164 valence electrons. The maximum absolute atomic E-state index is 5.89. The second-order valence-electron chi connectivity index (χ2n) is 7.29. The van der Waals surface area contributed by atoms with Gasteiger partial charge in [-0.2, -0.15) is 0 Å². The Kier molecular flexibility index (Phi) is 5.84.